The van der Waals surface area contributed by atoms with Gasteiger partial charge in [0.25, 0.3) is 5.56 Å². The third kappa shape index (κ3) is 3.44. The Morgan fingerprint density at radius 1 is 1.21 bits per heavy atom. The van der Waals surface area contributed by atoms with Gasteiger partial charge in [0, 0.05) is 21.5 Å². The van der Waals surface area contributed by atoms with Crippen LogP contribution in [-0.4, -0.2) is 22.4 Å². The minimum atomic E-state index is -0.243. The molecule has 2 aromatic carbocycles. The number of fused-ring (bicyclic) bond motifs is 1. The maximum atomic E-state index is 13.1. The number of ether oxygens (including phenoxy) is 1. The molecule has 0 bridgehead atoms. The van der Waals surface area contributed by atoms with E-state index in [9.17, 15) is 9.59 Å². The van der Waals surface area contributed by atoms with E-state index < -0.39 is 0 Å². The maximum absolute atomic E-state index is 13.1. The van der Waals surface area contributed by atoms with Gasteiger partial charge in [0.15, 0.2) is 5.78 Å². The number of halogens is 1. The van der Waals surface area contributed by atoms with Gasteiger partial charge in [-0.05, 0) is 29.8 Å². The van der Waals surface area contributed by atoms with Crippen LogP contribution in [0.5, 0.6) is 5.75 Å². The number of nitrogens with zero attached hydrogens (tertiary/aromatic N) is 2. The topological polar surface area (TPSA) is 61.2 Å². The molecule has 0 amide bonds. The van der Waals surface area contributed by atoms with Crippen LogP contribution < -0.4 is 10.3 Å². The van der Waals surface area contributed by atoms with Gasteiger partial charge in [-0.3, -0.25) is 14.2 Å². The van der Waals surface area contributed by atoms with Crippen molar-refractivity contribution in [3.05, 3.63) is 81.2 Å². The molecule has 0 saturated heterocycles. The van der Waals surface area contributed by atoms with Crippen LogP contribution in [0.15, 0.2) is 65.0 Å². The molecule has 0 saturated carbocycles. The van der Waals surface area contributed by atoms with Crippen molar-refractivity contribution >= 4 is 38.9 Å². The predicted octanol–water partition coefficient (Wildman–Crippen LogP) is 4.67. The average Bonchev–Trinajstić information content (AvgIpc) is 3.15. The Morgan fingerprint density at radius 3 is 2.75 bits per heavy atom. The Balaban J connectivity index is 1.73. The summed E-state index contributed by atoms with van der Waals surface area (Å²) in [6, 6.07) is 14.1. The van der Waals surface area contributed by atoms with Gasteiger partial charge in [-0.25, -0.2) is 4.98 Å². The maximum Gasteiger partial charge on any atom is 0.263 e. The molecule has 4 rings (SSSR count). The van der Waals surface area contributed by atoms with Crippen LogP contribution in [0.2, 0.25) is 5.02 Å². The fraction of sp³-hybridized carbons (Fsp3) is 0.0952. The van der Waals surface area contributed by atoms with Gasteiger partial charge in [0.2, 0.25) is 0 Å². The molecule has 5 nitrogen and oxygen atoms in total. The molecular formula is C21H15ClN2O3S. The molecule has 0 aliphatic heterocycles. The van der Waals surface area contributed by atoms with Crippen molar-refractivity contribution in [3.63, 3.8) is 0 Å². The Morgan fingerprint density at radius 2 is 2.00 bits per heavy atom. The zero-order chi connectivity index (χ0) is 19.7. The van der Waals surface area contributed by atoms with E-state index in [1.165, 1.54) is 22.2 Å². The van der Waals surface area contributed by atoms with E-state index >= 15 is 0 Å². The summed E-state index contributed by atoms with van der Waals surface area (Å²) in [5, 5.41) is 3.03. The molecular weight excluding hydrogens is 396 g/mol. The summed E-state index contributed by atoms with van der Waals surface area (Å²) >= 11 is 7.36. The van der Waals surface area contributed by atoms with Gasteiger partial charge in [-0.1, -0.05) is 35.9 Å². The monoisotopic (exact) mass is 410 g/mol. The largest absolute Gasteiger partial charge is 0.497 e. The number of rotatable bonds is 5. The van der Waals surface area contributed by atoms with Gasteiger partial charge < -0.3 is 4.74 Å². The number of Topliss-reactive ketones (excluding diaryl/α,β-unsaturated/α-hetero) is 1. The van der Waals surface area contributed by atoms with Crippen molar-refractivity contribution in [1.82, 2.24) is 9.55 Å². The predicted molar refractivity (Wildman–Crippen MR) is 112 cm³/mol. The fourth-order valence-corrected chi connectivity index (χ4v) is 4.00. The number of thiophene rings is 1. The van der Waals surface area contributed by atoms with Crippen molar-refractivity contribution in [2.24, 2.45) is 0 Å². The van der Waals surface area contributed by atoms with Crippen molar-refractivity contribution in [3.8, 4) is 16.9 Å². The molecule has 0 atom stereocenters. The second-order valence-corrected chi connectivity index (χ2v) is 7.46. The normalized spacial score (nSPS) is 10.9. The molecule has 140 valence electrons. The number of methoxy groups -OCH3 is 1. The van der Waals surface area contributed by atoms with Crippen LogP contribution in [-0.2, 0) is 6.54 Å². The molecule has 0 radical (unpaired) electrons. The lowest BCUT2D eigenvalue weighted by atomic mass is 10.1. The van der Waals surface area contributed by atoms with Gasteiger partial charge in [-0.2, -0.15) is 0 Å². The summed E-state index contributed by atoms with van der Waals surface area (Å²) in [5.74, 6) is 0.403. The second-order valence-electron chi connectivity index (χ2n) is 6.17. The van der Waals surface area contributed by atoms with E-state index in [1.807, 2.05) is 17.5 Å². The summed E-state index contributed by atoms with van der Waals surface area (Å²) in [5.41, 5.74) is 1.91. The van der Waals surface area contributed by atoms with Gasteiger partial charge in [-0.15, -0.1) is 11.3 Å². The molecule has 0 N–H and O–H groups in total. The first-order chi connectivity index (χ1) is 13.6. The molecule has 0 spiro atoms. The second kappa shape index (κ2) is 7.58. The third-order valence-electron chi connectivity index (χ3n) is 4.42. The van der Waals surface area contributed by atoms with Crippen molar-refractivity contribution in [2.45, 2.75) is 6.54 Å². The lowest BCUT2D eigenvalue weighted by Gasteiger charge is -2.07. The summed E-state index contributed by atoms with van der Waals surface area (Å²) in [6.45, 7) is -0.0924. The van der Waals surface area contributed by atoms with E-state index in [-0.39, 0.29) is 17.9 Å². The van der Waals surface area contributed by atoms with E-state index in [4.69, 9.17) is 16.3 Å². The lowest BCUT2D eigenvalue weighted by Crippen LogP contribution is -2.24. The average molecular weight is 411 g/mol. The first kappa shape index (κ1) is 18.4. The molecule has 7 heteroatoms. The third-order valence-corrected chi connectivity index (χ3v) is 5.56. The van der Waals surface area contributed by atoms with E-state index in [0.29, 0.717) is 26.6 Å². The molecule has 0 aliphatic carbocycles. The highest BCUT2D eigenvalue weighted by Gasteiger charge is 2.15. The Hall–Kier alpha value is -2.96. The number of hydrogen-bond donors (Lipinski definition) is 0. The number of hydrogen-bond acceptors (Lipinski definition) is 5. The minimum Gasteiger partial charge on any atom is -0.497 e. The first-order valence-corrected chi connectivity index (χ1v) is 9.72. The zero-order valence-electron chi connectivity index (χ0n) is 14.9. The lowest BCUT2D eigenvalue weighted by molar-refractivity contribution is 0.0970. The molecule has 28 heavy (non-hydrogen) atoms. The van der Waals surface area contributed by atoms with Gasteiger partial charge >= 0.3 is 0 Å². The number of ketones is 1. The summed E-state index contributed by atoms with van der Waals surface area (Å²) in [6.07, 6.45) is 1.42. The number of aromatic nitrogens is 2. The van der Waals surface area contributed by atoms with Crippen molar-refractivity contribution < 1.29 is 9.53 Å². The smallest absolute Gasteiger partial charge is 0.263 e. The SMILES string of the molecule is COc1cccc(C(=O)Cn2cnc3scc(-c4ccc(Cl)cc4)c3c2=O)c1. The van der Waals surface area contributed by atoms with Crippen LogP contribution in [0, 0.1) is 0 Å². The van der Waals surface area contributed by atoms with Gasteiger partial charge in [0.1, 0.15) is 10.6 Å². The highest BCUT2D eigenvalue weighted by Crippen LogP contribution is 2.31. The molecule has 0 fully saturated rings. The van der Waals surface area contributed by atoms with Crippen LogP contribution in [0.3, 0.4) is 0 Å². The van der Waals surface area contributed by atoms with E-state index in [1.54, 1.807) is 43.5 Å². The number of benzene rings is 2. The molecule has 0 unspecified atom stereocenters. The molecule has 2 heterocycles. The van der Waals surface area contributed by atoms with Crippen LogP contribution >= 0.6 is 22.9 Å². The van der Waals surface area contributed by atoms with Crippen LogP contribution in [0.25, 0.3) is 21.3 Å². The Bertz CT molecular complexity index is 1230. The van der Waals surface area contributed by atoms with Crippen LogP contribution in [0.4, 0.5) is 0 Å². The number of carbonyl (C=O) groups excluding carboxylic acids is 1. The molecule has 2 aromatic heterocycles. The Labute approximate surface area is 169 Å². The summed E-state index contributed by atoms with van der Waals surface area (Å²) < 4.78 is 6.50. The number of carbonyl (C=O) groups is 1. The van der Waals surface area contributed by atoms with Crippen LogP contribution in [0.1, 0.15) is 10.4 Å². The quantitative estimate of drug-likeness (QED) is 0.448. The van der Waals surface area contributed by atoms with Gasteiger partial charge in [0.05, 0.1) is 25.4 Å². The highest BCUT2D eigenvalue weighted by atomic mass is 35.5. The fourth-order valence-electron chi connectivity index (χ4n) is 2.96. The summed E-state index contributed by atoms with van der Waals surface area (Å²) in [7, 11) is 1.54. The highest BCUT2D eigenvalue weighted by molar-refractivity contribution is 7.17. The first-order valence-electron chi connectivity index (χ1n) is 8.46. The van der Waals surface area contributed by atoms with E-state index in [2.05, 4.69) is 4.98 Å². The molecule has 0 aliphatic rings. The minimum absolute atomic E-state index is 0.0924. The summed E-state index contributed by atoms with van der Waals surface area (Å²) in [4.78, 5) is 30.7. The van der Waals surface area contributed by atoms with Crippen molar-refractivity contribution in [2.75, 3.05) is 7.11 Å². The standard InChI is InChI=1S/C21H15ClN2O3S/c1-27-16-4-2-3-14(9-16)18(25)10-24-12-23-20-19(21(24)26)17(11-28-20)13-5-7-15(22)8-6-13/h2-9,11-12H,10H2,1H3. The Kier molecular flexibility index (Phi) is 4.98. The van der Waals surface area contributed by atoms with E-state index in [0.717, 1.165) is 11.1 Å². The zero-order valence-corrected chi connectivity index (χ0v) is 16.5. The molecule has 4 aromatic rings. The van der Waals surface area contributed by atoms with Crippen molar-refractivity contribution in [1.29, 1.82) is 0 Å².